The first kappa shape index (κ1) is 12.7. The summed E-state index contributed by atoms with van der Waals surface area (Å²) >= 11 is 0. The molecule has 0 heterocycles. The molecule has 1 fully saturated rings. The molecule has 0 N–H and O–H groups in total. The maximum Gasteiger partial charge on any atom is 0.0575 e. The molecule has 0 saturated heterocycles. The quantitative estimate of drug-likeness (QED) is 0.492. The SMILES string of the molecule is CCC=CCCN(OC)C1CCCCC1. The zero-order chi connectivity index (χ0) is 10.9. The second-order valence-corrected chi connectivity index (χ2v) is 4.28. The van der Waals surface area contributed by atoms with Crippen LogP contribution in [0.25, 0.3) is 0 Å². The highest BCUT2D eigenvalue weighted by Crippen LogP contribution is 2.22. The van der Waals surface area contributed by atoms with E-state index in [1.54, 1.807) is 7.11 Å². The summed E-state index contributed by atoms with van der Waals surface area (Å²) in [5.74, 6) is 0. The van der Waals surface area contributed by atoms with Crippen LogP contribution in [0.15, 0.2) is 12.2 Å². The summed E-state index contributed by atoms with van der Waals surface area (Å²) < 4.78 is 0. The van der Waals surface area contributed by atoms with E-state index >= 15 is 0 Å². The lowest BCUT2D eigenvalue weighted by Crippen LogP contribution is -2.36. The number of nitrogens with zero attached hydrogens (tertiary/aromatic N) is 1. The minimum absolute atomic E-state index is 0.666. The predicted molar refractivity (Wildman–Crippen MR) is 64.6 cm³/mol. The standard InChI is InChI=1S/C13H25NO/c1-3-4-5-9-12-14(15-2)13-10-7-6-8-11-13/h4-5,13H,3,6-12H2,1-2H3. The molecular formula is C13H25NO. The van der Waals surface area contributed by atoms with Crippen LogP contribution in [0.4, 0.5) is 0 Å². The van der Waals surface area contributed by atoms with Crippen LogP contribution in [0.2, 0.25) is 0 Å². The molecule has 0 aromatic rings. The van der Waals surface area contributed by atoms with Gasteiger partial charge < -0.3 is 4.84 Å². The van der Waals surface area contributed by atoms with E-state index in [9.17, 15) is 0 Å². The summed E-state index contributed by atoms with van der Waals surface area (Å²) in [4.78, 5) is 5.47. The molecule has 2 nitrogen and oxygen atoms in total. The third-order valence-electron chi connectivity index (χ3n) is 3.13. The molecule has 0 aromatic carbocycles. The van der Waals surface area contributed by atoms with E-state index in [1.807, 2.05) is 0 Å². The highest BCUT2D eigenvalue weighted by atomic mass is 16.7. The first-order valence-electron chi connectivity index (χ1n) is 6.34. The van der Waals surface area contributed by atoms with Gasteiger partial charge in [0.1, 0.15) is 0 Å². The van der Waals surface area contributed by atoms with Crippen LogP contribution in [-0.2, 0) is 4.84 Å². The lowest BCUT2D eigenvalue weighted by atomic mass is 9.95. The van der Waals surface area contributed by atoms with E-state index in [0.717, 1.165) is 19.4 Å². The average molecular weight is 211 g/mol. The highest BCUT2D eigenvalue weighted by molar-refractivity contribution is 4.81. The molecule has 1 saturated carbocycles. The van der Waals surface area contributed by atoms with Gasteiger partial charge in [-0.15, -0.1) is 0 Å². The molecule has 0 spiro atoms. The molecule has 0 radical (unpaired) electrons. The van der Waals surface area contributed by atoms with Gasteiger partial charge >= 0.3 is 0 Å². The fourth-order valence-corrected chi connectivity index (χ4v) is 2.28. The monoisotopic (exact) mass is 211 g/mol. The number of allylic oxidation sites excluding steroid dienone is 1. The maximum absolute atomic E-state index is 5.47. The van der Waals surface area contributed by atoms with Crippen LogP contribution < -0.4 is 0 Å². The van der Waals surface area contributed by atoms with Crippen LogP contribution in [0.3, 0.4) is 0 Å². The molecule has 0 aromatic heterocycles. The molecule has 1 aliphatic rings. The van der Waals surface area contributed by atoms with Crippen molar-refractivity contribution in [1.29, 1.82) is 0 Å². The number of hydrogen-bond acceptors (Lipinski definition) is 2. The van der Waals surface area contributed by atoms with Gasteiger partial charge in [-0.05, 0) is 25.7 Å². The van der Waals surface area contributed by atoms with Crippen molar-refractivity contribution in [3.8, 4) is 0 Å². The van der Waals surface area contributed by atoms with Gasteiger partial charge in [0.25, 0.3) is 0 Å². The molecule has 0 amide bonds. The van der Waals surface area contributed by atoms with Crippen molar-refractivity contribution in [1.82, 2.24) is 5.06 Å². The van der Waals surface area contributed by atoms with Crippen LogP contribution in [0.5, 0.6) is 0 Å². The molecule has 1 rings (SSSR count). The Morgan fingerprint density at radius 3 is 2.53 bits per heavy atom. The Morgan fingerprint density at radius 1 is 1.20 bits per heavy atom. The largest absolute Gasteiger partial charge is 0.302 e. The summed E-state index contributed by atoms with van der Waals surface area (Å²) in [7, 11) is 1.80. The van der Waals surface area contributed by atoms with Gasteiger partial charge in [0.2, 0.25) is 0 Å². The zero-order valence-corrected chi connectivity index (χ0v) is 10.2. The first-order chi connectivity index (χ1) is 7.38. The predicted octanol–water partition coefficient (Wildman–Crippen LogP) is 3.54. The Hall–Kier alpha value is -0.340. The second kappa shape index (κ2) is 7.89. The molecule has 15 heavy (non-hydrogen) atoms. The fraction of sp³-hybridized carbons (Fsp3) is 0.846. The van der Waals surface area contributed by atoms with Crippen molar-refractivity contribution < 1.29 is 4.84 Å². The van der Waals surface area contributed by atoms with Gasteiger partial charge in [0.05, 0.1) is 7.11 Å². The van der Waals surface area contributed by atoms with Crippen molar-refractivity contribution in [3.05, 3.63) is 12.2 Å². The summed E-state index contributed by atoms with van der Waals surface area (Å²) in [5, 5.41) is 2.18. The summed E-state index contributed by atoms with van der Waals surface area (Å²) in [6, 6.07) is 0.666. The van der Waals surface area contributed by atoms with Gasteiger partial charge in [-0.3, -0.25) is 0 Å². The smallest absolute Gasteiger partial charge is 0.0575 e. The number of hydrogen-bond donors (Lipinski definition) is 0. The Kier molecular flexibility index (Phi) is 6.69. The normalized spacial score (nSPS) is 19.1. The van der Waals surface area contributed by atoms with Gasteiger partial charge in [0, 0.05) is 12.6 Å². The topological polar surface area (TPSA) is 12.5 Å². The summed E-state index contributed by atoms with van der Waals surface area (Å²) in [5.41, 5.74) is 0. The second-order valence-electron chi connectivity index (χ2n) is 4.28. The molecule has 2 heteroatoms. The Balaban J connectivity index is 2.24. The third-order valence-corrected chi connectivity index (χ3v) is 3.13. The molecule has 0 bridgehead atoms. The first-order valence-corrected chi connectivity index (χ1v) is 6.34. The Bertz CT molecular complexity index is 173. The van der Waals surface area contributed by atoms with E-state index in [2.05, 4.69) is 24.1 Å². The molecule has 88 valence electrons. The van der Waals surface area contributed by atoms with Gasteiger partial charge in [-0.1, -0.05) is 38.3 Å². The van der Waals surface area contributed by atoms with E-state index in [4.69, 9.17) is 4.84 Å². The van der Waals surface area contributed by atoms with Gasteiger partial charge in [0.15, 0.2) is 0 Å². The van der Waals surface area contributed by atoms with Gasteiger partial charge in [-0.25, -0.2) is 0 Å². The van der Waals surface area contributed by atoms with Crippen molar-refractivity contribution in [2.75, 3.05) is 13.7 Å². The molecule has 1 aliphatic carbocycles. The lowest BCUT2D eigenvalue weighted by molar-refractivity contribution is -0.167. The van der Waals surface area contributed by atoms with Crippen molar-refractivity contribution in [2.24, 2.45) is 0 Å². The number of hydroxylamine groups is 2. The minimum Gasteiger partial charge on any atom is -0.302 e. The zero-order valence-electron chi connectivity index (χ0n) is 10.2. The van der Waals surface area contributed by atoms with Gasteiger partial charge in [-0.2, -0.15) is 5.06 Å². The third kappa shape index (κ3) is 4.80. The molecule has 0 aliphatic heterocycles. The average Bonchev–Trinajstić information content (AvgIpc) is 2.30. The number of rotatable bonds is 6. The van der Waals surface area contributed by atoms with E-state index in [-0.39, 0.29) is 0 Å². The summed E-state index contributed by atoms with van der Waals surface area (Å²) in [6.07, 6.45) is 13.5. The van der Waals surface area contributed by atoms with Crippen LogP contribution in [0.1, 0.15) is 51.9 Å². The maximum atomic E-state index is 5.47. The van der Waals surface area contributed by atoms with Crippen molar-refractivity contribution >= 4 is 0 Å². The van der Waals surface area contributed by atoms with E-state index < -0.39 is 0 Å². The van der Waals surface area contributed by atoms with E-state index in [0.29, 0.717) is 6.04 Å². The van der Waals surface area contributed by atoms with Crippen LogP contribution in [0, 0.1) is 0 Å². The Morgan fingerprint density at radius 2 is 1.93 bits per heavy atom. The summed E-state index contributed by atoms with van der Waals surface area (Å²) in [6.45, 7) is 3.21. The van der Waals surface area contributed by atoms with Crippen LogP contribution >= 0.6 is 0 Å². The van der Waals surface area contributed by atoms with Crippen molar-refractivity contribution in [3.63, 3.8) is 0 Å². The van der Waals surface area contributed by atoms with E-state index in [1.165, 1.54) is 32.1 Å². The Labute approximate surface area is 94.3 Å². The molecular weight excluding hydrogens is 186 g/mol. The van der Waals surface area contributed by atoms with Crippen molar-refractivity contribution in [2.45, 2.75) is 57.9 Å². The molecule has 0 unspecified atom stereocenters. The van der Waals surface area contributed by atoms with Crippen LogP contribution in [-0.4, -0.2) is 24.8 Å². The lowest BCUT2D eigenvalue weighted by Gasteiger charge is -2.31. The highest BCUT2D eigenvalue weighted by Gasteiger charge is 2.20. The minimum atomic E-state index is 0.666. The fourth-order valence-electron chi connectivity index (χ4n) is 2.28. The molecule has 0 atom stereocenters.